The van der Waals surface area contributed by atoms with Crippen molar-refractivity contribution >= 4 is 17.5 Å². The molecule has 1 fully saturated rings. The van der Waals surface area contributed by atoms with Gasteiger partial charge >= 0.3 is 6.09 Å². The Morgan fingerprint density at radius 1 is 1.03 bits per heavy atom. The van der Waals surface area contributed by atoms with Crippen LogP contribution in [0, 0.1) is 5.82 Å². The summed E-state index contributed by atoms with van der Waals surface area (Å²) in [6, 6.07) is 9.00. The predicted molar refractivity (Wildman–Crippen MR) is 145 cm³/mol. The third-order valence-corrected chi connectivity index (χ3v) is 6.20. The molecule has 0 unspecified atom stereocenters. The van der Waals surface area contributed by atoms with Crippen LogP contribution in [0.5, 0.6) is 11.8 Å². The first-order chi connectivity index (χ1) is 17.7. The molecule has 3 rings (SSSR count). The normalized spacial score (nSPS) is 14.4. The molecule has 1 aliphatic rings. The number of carbonyl (C=O) groups is 1. The van der Waals surface area contributed by atoms with Crippen LogP contribution in [0.1, 0.15) is 84.6 Å². The van der Waals surface area contributed by atoms with Gasteiger partial charge in [0, 0.05) is 19.2 Å². The lowest BCUT2D eigenvalue weighted by Gasteiger charge is -2.33. The van der Waals surface area contributed by atoms with Gasteiger partial charge in [0.1, 0.15) is 17.1 Å². The summed E-state index contributed by atoms with van der Waals surface area (Å²) in [6.07, 6.45) is 4.92. The van der Waals surface area contributed by atoms with Crippen LogP contribution < -0.4 is 14.8 Å². The first kappa shape index (κ1) is 28.5. The molecule has 1 aromatic carbocycles. The molecular weight excluding hydrogens is 473 g/mol. The largest absolute Gasteiger partial charge is 0.478 e. The monoisotopic (exact) mass is 515 g/mol. The van der Waals surface area contributed by atoms with Crippen LogP contribution in [0.25, 0.3) is 0 Å². The molecule has 2 aromatic rings. The van der Waals surface area contributed by atoms with E-state index in [1.165, 1.54) is 0 Å². The lowest BCUT2D eigenvalue weighted by atomic mass is 9.89. The Kier molecular flexibility index (Phi) is 10.4. The summed E-state index contributed by atoms with van der Waals surface area (Å²) in [6.45, 7) is 12.0. The molecule has 204 valence electrons. The summed E-state index contributed by atoms with van der Waals surface area (Å²) in [5.74, 6) is 0.628. The number of hydrogen-bond acceptors (Lipinski definition) is 6. The highest BCUT2D eigenvalue weighted by Gasteiger charge is 2.29. The summed E-state index contributed by atoms with van der Waals surface area (Å²) >= 11 is 0. The molecule has 2 heterocycles. The maximum Gasteiger partial charge on any atom is 0.410 e. The van der Waals surface area contributed by atoms with Gasteiger partial charge in [-0.05, 0) is 70.1 Å². The number of amides is 1. The first-order valence-electron chi connectivity index (χ1n) is 13.5. The summed E-state index contributed by atoms with van der Waals surface area (Å²) in [5, 5.41) is 3.19. The molecular formula is C29H42FN3O4. The number of hydrogen-bond donors (Lipinski definition) is 1. The fourth-order valence-electron chi connectivity index (χ4n) is 4.15. The zero-order valence-electron chi connectivity index (χ0n) is 22.9. The van der Waals surface area contributed by atoms with Gasteiger partial charge in [-0.15, -0.1) is 0 Å². The Balaban J connectivity index is 1.72. The van der Waals surface area contributed by atoms with Crippen molar-refractivity contribution in [2.24, 2.45) is 0 Å². The molecule has 7 nitrogen and oxygen atoms in total. The summed E-state index contributed by atoms with van der Waals surface area (Å²) < 4.78 is 32.8. The third kappa shape index (κ3) is 8.51. The topological polar surface area (TPSA) is 72.9 Å². The average Bonchev–Trinajstić information content (AvgIpc) is 2.86. The Morgan fingerprint density at radius 3 is 2.35 bits per heavy atom. The second-order valence-corrected chi connectivity index (χ2v) is 10.5. The van der Waals surface area contributed by atoms with Crippen molar-refractivity contribution < 1.29 is 23.4 Å². The van der Waals surface area contributed by atoms with Gasteiger partial charge in [0.05, 0.1) is 18.9 Å². The molecule has 0 atom stereocenters. The van der Waals surface area contributed by atoms with Gasteiger partial charge in [-0.1, -0.05) is 38.8 Å². The van der Waals surface area contributed by atoms with Gasteiger partial charge in [-0.3, -0.25) is 0 Å². The lowest BCUT2D eigenvalue weighted by Crippen LogP contribution is -2.41. The van der Waals surface area contributed by atoms with Crippen LogP contribution in [0.15, 0.2) is 30.3 Å². The van der Waals surface area contributed by atoms with Crippen molar-refractivity contribution in [3.63, 3.8) is 0 Å². The van der Waals surface area contributed by atoms with Crippen LogP contribution >= 0.6 is 0 Å². The van der Waals surface area contributed by atoms with Crippen molar-refractivity contribution in [2.45, 2.75) is 84.7 Å². The van der Waals surface area contributed by atoms with E-state index >= 15 is 4.39 Å². The van der Waals surface area contributed by atoms with E-state index in [4.69, 9.17) is 14.2 Å². The van der Waals surface area contributed by atoms with Gasteiger partial charge in [0.25, 0.3) is 0 Å². The van der Waals surface area contributed by atoms with Crippen LogP contribution in [0.2, 0.25) is 0 Å². The molecule has 0 bridgehead atoms. The van der Waals surface area contributed by atoms with Crippen molar-refractivity contribution in [3.05, 3.63) is 41.7 Å². The molecule has 0 radical (unpaired) electrons. The highest BCUT2D eigenvalue weighted by molar-refractivity contribution is 5.68. The number of anilines is 2. The van der Waals surface area contributed by atoms with Crippen LogP contribution in [0.4, 0.5) is 20.6 Å². The molecule has 8 heteroatoms. The van der Waals surface area contributed by atoms with Crippen molar-refractivity contribution in [1.29, 1.82) is 0 Å². The van der Waals surface area contributed by atoms with Gasteiger partial charge in [0.15, 0.2) is 0 Å². The minimum Gasteiger partial charge on any atom is -0.478 e. The van der Waals surface area contributed by atoms with Crippen molar-refractivity contribution in [1.82, 2.24) is 9.88 Å². The summed E-state index contributed by atoms with van der Waals surface area (Å²) in [4.78, 5) is 18.6. The number of pyridine rings is 1. The van der Waals surface area contributed by atoms with Gasteiger partial charge in [-0.25, -0.2) is 9.18 Å². The van der Waals surface area contributed by atoms with Crippen LogP contribution in [-0.4, -0.2) is 47.9 Å². The van der Waals surface area contributed by atoms with E-state index in [0.29, 0.717) is 67.8 Å². The van der Waals surface area contributed by atoms with E-state index in [2.05, 4.69) is 24.1 Å². The average molecular weight is 516 g/mol. The van der Waals surface area contributed by atoms with Gasteiger partial charge < -0.3 is 24.4 Å². The van der Waals surface area contributed by atoms with E-state index < -0.39 is 5.60 Å². The quantitative estimate of drug-likeness (QED) is 0.314. The van der Waals surface area contributed by atoms with Crippen LogP contribution in [-0.2, 0) is 4.74 Å². The van der Waals surface area contributed by atoms with E-state index in [0.717, 1.165) is 25.7 Å². The number of unbranched alkanes of at least 4 members (excludes halogenated alkanes) is 2. The number of likely N-dealkylation sites (tertiary alicyclic amines) is 1. The molecule has 1 N–H and O–H groups in total. The summed E-state index contributed by atoms with van der Waals surface area (Å²) in [7, 11) is 0. The van der Waals surface area contributed by atoms with E-state index in [1.807, 2.05) is 39.0 Å². The van der Waals surface area contributed by atoms with E-state index in [1.54, 1.807) is 17.0 Å². The van der Waals surface area contributed by atoms with Gasteiger partial charge in [-0.2, -0.15) is 4.98 Å². The molecule has 1 saturated heterocycles. The highest BCUT2D eigenvalue weighted by Crippen LogP contribution is 2.35. The molecule has 0 saturated carbocycles. The molecule has 1 amide bonds. The smallest absolute Gasteiger partial charge is 0.410 e. The second kappa shape index (κ2) is 13.5. The van der Waals surface area contributed by atoms with E-state index in [9.17, 15) is 4.79 Å². The minimum atomic E-state index is -0.534. The number of piperidine rings is 1. The number of ether oxygens (including phenoxy) is 3. The number of aromatic nitrogens is 1. The zero-order chi connectivity index (χ0) is 26.8. The molecule has 1 aromatic heterocycles. The maximum atomic E-state index is 15.7. The molecule has 1 aliphatic heterocycles. The zero-order valence-corrected chi connectivity index (χ0v) is 22.9. The number of rotatable bonds is 11. The van der Waals surface area contributed by atoms with Crippen molar-refractivity contribution in [2.75, 3.05) is 31.6 Å². The Morgan fingerprint density at radius 2 is 1.70 bits per heavy atom. The fraction of sp³-hybridized carbons (Fsp3) is 0.586. The number of nitrogens with one attached hydrogen (secondary N) is 1. The fourth-order valence-corrected chi connectivity index (χ4v) is 4.15. The number of benzene rings is 1. The Bertz CT molecular complexity index is 1020. The predicted octanol–water partition coefficient (Wildman–Crippen LogP) is 7.44. The molecule has 0 spiro atoms. The Hall–Kier alpha value is -3.03. The maximum absolute atomic E-state index is 15.7. The highest BCUT2D eigenvalue weighted by atomic mass is 19.1. The van der Waals surface area contributed by atoms with Crippen molar-refractivity contribution in [3.8, 4) is 11.8 Å². The second-order valence-electron chi connectivity index (χ2n) is 10.5. The third-order valence-electron chi connectivity index (χ3n) is 6.20. The lowest BCUT2D eigenvalue weighted by molar-refractivity contribution is 0.0204. The standard InChI is InChI=1S/C29H42FN3O4/c1-6-8-19-35-25-14-13-24(27(32-25)36-20-9-7-2)31-23-12-10-11-22(26(23)30)21-15-17-33(18-16-21)28(34)37-29(3,4)5/h10-14,21,31H,6-9,15-20H2,1-5H3. The van der Waals surface area contributed by atoms with E-state index in [-0.39, 0.29) is 17.8 Å². The first-order valence-corrected chi connectivity index (χ1v) is 13.5. The minimum absolute atomic E-state index is 0.0215. The van der Waals surface area contributed by atoms with Gasteiger partial charge in [0.2, 0.25) is 11.8 Å². The number of nitrogens with zero attached hydrogens (tertiary/aromatic N) is 2. The van der Waals surface area contributed by atoms with Crippen LogP contribution in [0.3, 0.4) is 0 Å². The summed E-state index contributed by atoms with van der Waals surface area (Å²) in [5.41, 5.74) is 1.08. The SMILES string of the molecule is CCCCOc1ccc(Nc2cccc(C3CCN(C(=O)OC(C)(C)C)CC3)c2F)c(OCCCC)n1. The molecule has 0 aliphatic carbocycles. The Labute approximate surface area is 220 Å². The number of halogens is 1. The number of carbonyl (C=O) groups excluding carboxylic acids is 1. The molecule has 37 heavy (non-hydrogen) atoms.